The zero-order valence-corrected chi connectivity index (χ0v) is 14.2. The third-order valence-electron chi connectivity index (χ3n) is 3.30. The van der Waals surface area contributed by atoms with Crippen molar-refractivity contribution in [1.82, 2.24) is 5.32 Å². The van der Waals surface area contributed by atoms with E-state index in [0.29, 0.717) is 23.5 Å². The van der Waals surface area contributed by atoms with Crippen molar-refractivity contribution in [2.45, 2.75) is 53.9 Å². The Bertz CT molecular complexity index is 310. The summed E-state index contributed by atoms with van der Waals surface area (Å²) in [7, 11) is -2.80. The molecule has 0 bridgehead atoms. The Kier molecular flexibility index (Phi) is 9.71. The molecule has 1 N–H and O–H groups in total. The Balaban J connectivity index is 4.06. The first kappa shape index (κ1) is 18.9. The van der Waals surface area contributed by atoms with Crippen LogP contribution >= 0.6 is 0 Å². The van der Waals surface area contributed by atoms with Gasteiger partial charge in [-0.2, -0.15) is 0 Å². The lowest BCUT2D eigenvalue weighted by molar-refractivity contribution is 0.356. The largest absolute Gasteiger partial charge is 0.316 e. The Morgan fingerprint density at radius 2 is 1.63 bits per heavy atom. The molecule has 0 aliphatic carbocycles. The zero-order chi connectivity index (χ0) is 14.9. The third-order valence-corrected chi connectivity index (χ3v) is 5.09. The maximum Gasteiger partial charge on any atom is 0.150 e. The van der Waals surface area contributed by atoms with Crippen LogP contribution in [0, 0.1) is 17.8 Å². The van der Waals surface area contributed by atoms with Crippen LogP contribution in [0.25, 0.3) is 0 Å². The van der Waals surface area contributed by atoms with Crippen molar-refractivity contribution in [3.8, 4) is 0 Å². The number of hydrogen-bond acceptors (Lipinski definition) is 3. The highest BCUT2D eigenvalue weighted by Crippen LogP contribution is 2.17. The number of hydrogen-bond donors (Lipinski definition) is 1. The van der Waals surface area contributed by atoms with Crippen molar-refractivity contribution < 1.29 is 8.42 Å². The van der Waals surface area contributed by atoms with Gasteiger partial charge in [0.2, 0.25) is 0 Å². The fourth-order valence-electron chi connectivity index (χ4n) is 2.28. The molecule has 0 saturated heterocycles. The molecule has 0 aromatic rings. The van der Waals surface area contributed by atoms with Crippen LogP contribution in [-0.2, 0) is 9.84 Å². The molecule has 0 aromatic carbocycles. The summed E-state index contributed by atoms with van der Waals surface area (Å²) in [5.74, 6) is 2.56. The van der Waals surface area contributed by atoms with Gasteiger partial charge in [-0.15, -0.1) is 0 Å². The Morgan fingerprint density at radius 1 is 1.00 bits per heavy atom. The normalized spacial score (nSPS) is 14.3. The van der Waals surface area contributed by atoms with Gasteiger partial charge < -0.3 is 5.32 Å². The van der Waals surface area contributed by atoms with Crippen LogP contribution in [0.1, 0.15) is 53.9 Å². The van der Waals surface area contributed by atoms with E-state index in [2.05, 4.69) is 33.0 Å². The molecule has 0 aliphatic rings. The van der Waals surface area contributed by atoms with E-state index in [0.717, 1.165) is 25.9 Å². The van der Waals surface area contributed by atoms with Gasteiger partial charge in [0.25, 0.3) is 0 Å². The highest BCUT2D eigenvalue weighted by atomic mass is 32.2. The highest BCUT2D eigenvalue weighted by Gasteiger charge is 2.13. The van der Waals surface area contributed by atoms with Crippen LogP contribution in [0.3, 0.4) is 0 Å². The third kappa shape index (κ3) is 11.4. The first-order valence-corrected chi connectivity index (χ1v) is 9.50. The molecule has 0 spiro atoms. The predicted molar refractivity (Wildman–Crippen MR) is 84.2 cm³/mol. The van der Waals surface area contributed by atoms with Crippen molar-refractivity contribution in [3.63, 3.8) is 0 Å². The second-order valence-electron chi connectivity index (χ2n) is 6.43. The molecule has 1 unspecified atom stereocenters. The fourth-order valence-corrected chi connectivity index (χ4v) is 3.18. The van der Waals surface area contributed by atoms with Crippen molar-refractivity contribution in [3.05, 3.63) is 0 Å². The summed E-state index contributed by atoms with van der Waals surface area (Å²) in [6.07, 6.45) is 3.00. The number of rotatable bonds is 11. The van der Waals surface area contributed by atoms with Gasteiger partial charge in [0.15, 0.2) is 0 Å². The first-order chi connectivity index (χ1) is 8.76. The minimum Gasteiger partial charge on any atom is -0.316 e. The van der Waals surface area contributed by atoms with Gasteiger partial charge in [-0.1, -0.05) is 34.6 Å². The van der Waals surface area contributed by atoms with Gasteiger partial charge in [0, 0.05) is 5.75 Å². The minimum atomic E-state index is -2.80. The lowest BCUT2D eigenvalue weighted by atomic mass is 9.93. The summed E-state index contributed by atoms with van der Waals surface area (Å²) >= 11 is 0. The number of sulfone groups is 1. The molecule has 0 rings (SSSR count). The fraction of sp³-hybridized carbons (Fsp3) is 1.00. The van der Waals surface area contributed by atoms with Crippen molar-refractivity contribution in [1.29, 1.82) is 0 Å². The maximum absolute atomic E-state index is 11.5. The molecule has 0 saturated carbocycles. The van der Waals surface area contributed by atoms with Crippen LogP contribution in [0.5, 0.6) is 0 Å². The molecular formula is C15H33NO2S. The van der Waals surface area contributed by atoms with E-state index < -0.39 is 9.84 Å². The van der Waals surface area contributed by atoms with Crippen LogP contribution < -0.4 is 5.32 Å². The van der Waals surface area contributed by atoms with Gasteiger partial charge in [0.1, 0.15) is 9.84 Å². The standard InChI is InChI=1S/C15H33NO2S/c1-6-19(17,18)9-7-8-15(10-13(2)3)12-16-11-14(4)5/h13-16H,6-12H2,1-5H3. The average Bonchev–Trinajstić information content (AvgIpc) is 2.27. The van der Waals surface area contributed by atoms with Crippen molar-refractivity contribution in [2.75, 3.05) is 24.6 Å². The Morgan fingerprint density at radius 3 is 2.11 bits per heavy atom. The molecule has 0 fully saturated rings. The van der Waals surface area contributed by atoms with Crippen molar-refractivity contribution in [2.24, 2.45) is 17.8 Å². The maximum atomic E-state index is 11.5. The molecule has 0 amide bonds. The Labute approximate surface area is 120 Å². The van der Waals surface area contributed by atoms with Gasteiger partial charge in [-0.3, -0.25) is 0 Å². The van der Waals surface area contributed by atoms with Crippen LogP contribution in [-0.4, -0.2) is 33.0 Å². The number of nitrogens with one attached hydrogen (secondary N) is 1. The summed E-state index contributed by atoms with van der Waals surface area (Å²) in [6.45, 7) is 12.7. The second-order valence-corrected chi connectivity index (χ2v) is 8.90. The van der Waals surface area contributed by atoms with E-state index in [-0.39, 0.29) is 5.75 Å². The van der Waals surface area contributed by atoms with E-state index in [9.17, 15) is 8.42 Å². The van der Waals surface area contributed by atoms with E-state index >= 15 is 0 Å². The van der Waals surface area contributed by atoms with Gasteiger partial charge in [0.05, 0.1) is 5.75 Å². The minimum absolute atomic E-state index is 0.271. The van der Waals surface area contributed by atoms with Crippen molar-refractivity contribution >= 4 is 9.84 Å². The quantitative estimate of drug-likeness (QED) is 0.636. The van der Waals surface area contributed by atoms with Crippen LogP contribution in [0.2, 0.25) is 0 Å². The van der Waals surface area contributed by atoms with Crippen LogP contribution in [0.15, 0.2) is 0 Å². The lowest BCUT2D eigenvalue weighted by Gasteiger charge is -2.20. The van der Waals surface area contributed by atoms with E-state index in [1.165, 1.54) is 6.42 Å². The topological polar surface area (TPSA) is 46.2 Å². The van der Waals surface area contributed by atoms with Crippen LogP contribution in [0.4, 0.5) is 0 Å². The van der Waals surface area contributed by atoms with E-state index in [1.54, 1.807) is 6.92 Å². The molecule has 0 heterocycles. The molecule has 4 heteroatoms. The summed E-state index contributed by atoms with van der Waals surface area (Å²) in [6, 6.07) is 0. The smallest absolute Gasteiger partial charge is 0.150 e. The molecule has 19 heavy (non-hydrogen) atoms. The molecule has 1 atom stereocenters. The molecule has 0 aromatic heterocycles. The van der Waals surface area contributed by atoms with Gasteiger partial charge in [-0.25, -0.2) is 8.42 Å². The zero-order valence-electron chi connectivity index (χ0n) is 13.4. The molecule has 3 nitrogen and oxygen atoms in total. The molecule has 0 radical (unpaired) electrons. The monoisotopic (exact) mass is 291 g/mol. The average molecular weight is 292 g/mol. The first-order valence-electron chi connectivity index (χ1n) is 7.68. The predicted octanol–water partition coefficient (Wildman–Crippen LogP) is 3.11. The van der Waals surface area contributed by atoms with E-state index in [1.807, 2.05) is 0 Å². The molecule has 116 valence electrons. The Hall–Kier alpha value is -0.0900. The van der Waals surface area contributed by atoms with Gasteiger partial charge in [-0.05, 0) is 50.1 Å². The molecule has 0 aliphatic heterocycles. The van der Waals surface area contributed by atoms with Gasteiger partial charge >= 0.3 is 0 Å². The summed E-state index contributed by atoms with van der Waals surface area (Å²) in [5, 5.41) is 3.50. The second kappa shape index (κ2) is 9.76. The summed E-state index contributed by atoms with van der Waals surface area (Å²) < 4.78 is 23.0. The summed E-state index contributed by atoms with van der Waals surface area (Å²) in [4.78, 5) is 0. The highest BCUT2D eigenvalue weighted by molar-refractivity contribution is 7.91. The molecular weight excluding hydrogens is 258 g/mol. The summed E-state index contributed by atoms with van der Waals surface area (Å²) in [5.41, 5.74) is 0. The SMILES string of the molecule is CCS(=O)(=O)CCCC(CNCC(C)C)CC(C)C. The van der Waals surface area contributed by atoms with E-state index in [4.69, 9.17) is 0 Å². The lowest BCUT2D eigenvalue weighted by Crippen LogP contribution is -2.27.